The van der Waals surface area contributed by atoms with Crippen molar-refractivity contribution in [2.75, 3.05) is 11.9 Å². The van der Waals surface area contributed by atoms with Gasteiger partial charge in [0.1, 0.15) is 11.6 Å². The summed E-state index contributed by atoms with van der Waals surface area (Å²) >= 11 is 3.63. The minimum absolute atomic E-state index is 0.529. The van der Waals surface area contributed by atoms with Crippen molar-refractivity contribution in [2.24, 2.45) is 5.92 Å². The lowest BCUT2D eigenvalue weighted by Gasteiger charge is -2.13. The van der Waals surface area contributed by atoms with Gasteiger partial charge in [0.15, 0.2) is 11.6 Å². The Bertz CT molecular complexity index is 608. The zero-order chi connectivity index (χ0) is 15.4. The van der Waals surface area contributed by atoms with Gasteiger partial charge >= 0.3 is 0 Å². The van der Waals surface area contributed by atoms with E-state index in [-0.39, 0.29) is 0 Å². The molecule has 0 saturated carbocycles. The van der Waals surface area contributed by atoms with Gasteiger partial charge in [-0.3, -0.25) is 0 Å². The number of nitrogens with one attached hydrogen (secondary N) is 1. The molecule has 0 aliphatic carbocycles. The summed E-state index contributed by atoms with van der Waals surface area (Å²) < 4.78 is 6.62. The van der Waals surface area contributed by atoms with E-state index in [4.69, 9.17) is 4.42 Å². The van der Waals surface area contributed by atoms with E-state index in [1.54, 1.807) is 0 Å². The van der Waals surface area contributed by atoms with E-state index in [0.717, 1.165) is 41.1 Å². The summed E-state index contributed by atoms with van der Waals surface area (Å²) in [6.45, 7) is 9.31. The van der Waals surface area contributed by atoms with Gasteiger partial charge in [-0.1, -0.05) is 20.8 Å². The smallest absolute Gasteiger partial charge is 0.197 e. The highest BCUT2D eigenvalue weighted by atomic mass is 79.9. The van der Waals surface area contributed by atoms with E-state index in [1.807, 2.05) is 19.1 Å². The summed E-state index contributed by atoms with van der Waals surface area (Å²) in [4.78, 5) is 9.27. The second-order valence-corrected chi connectivity index (χ2v) is 6.38. The predicted molar refractivity (Wildman–Crippen MR) is 89.5 cm³/mol. The highest BCUT2D eigenvalue weighted by Crippen LogP contribution is 2.29. The molecule has 0 aliphatic heterocycles. The molecule has 0 aliphatic rings. The van der Waals surface area contributed by atoms with Crippen LogP contribution in [0.3, 0.4) is 0 Å². The van der Waals surface area contributed by atoms with Gasteiger partial charge < -0.3 is 9.73 Å². The zero-order valence-corrected chi connectivity index (χ0v) is 14.6. The molecule has 0 radical (unpaired) electrons. The number of rotatable bonds is 6. The largest absolute Gasteiger partial charge is 0.458 e. The van der Waals surface area contributed by atoms with Crippen molar-refractivity contribution >= 4 is 21.7 Å². The first kappa shape index (κ1) is 16.0. The third kappa shape index (κ3) is 4.06. The molecule has 4 nitrogen and oxygen atoms in total. The second kappa shape index (κ2) is 7.07. The standard InChI is InChI=1S/C16H22BrN3O/c1-5-8-18-16-14(17)12(9-10(2)3)19-15(20-16)13-7-6-11(4)21-13/h6-7,10H,5,8-9H2,1-4H3,(H,18,19,20). The van der Waals surface area contributed by atoms with Gasteiger partial charge in [0.2, 0.25) is 0 Å². The average Bonchev–Trinajstić information content (AvgIpc) is 2.86. The highest BCUT2D eigenvalue weighted by Gasteiger charge is 2.16. The van der Waals surface area contributed by atoms with Gasteiger partial charge in [-0.05, 0) is 53.7 Å². The van der Waals surface area contributed by atoms with Crippen LogP contribution < -0.4 is 5.32 Å². The molecule has 1 N–H and O–H groups in total. The molecule has 114 valence electrons. The molecule has 0 amide bonds. The SMILES string of the molecule is CCCNc1nc(-c2ccc(C)o2)nc(CC(C)C)c1Br. The molecule has 21 heavy (non-hydrogen) atoms. The van der Waals surface area contributed by atoms with E-state index < -0.39 is 0 Å². The van der Waals surface area contributed by atoms with Crippen molar-refractivity contribution < 1.29 is 4.42 Å². The lowest BCUT2D eigenvalue weighted by atomic mass is 10.1. The average molecular weight is 352 g/mol. The van der Waals surface area contributed by atoms with E-state index in [2.05, 4.69) is 52.0 Å². The molecular formula is C16H22BrN3O. The number of hydrogen-bond donors (Lipinski definition) is 1. The Morgan fingerprint density at radius 1 is 1.29 bits per heavy atom. The topological polar surface area (TPSA) is 51.0 Å². The van der Waals surface area contributed by atoms with Gasteiger partial charge in [0.25, 0.3) is 0 Å². The van der Waals surface area contributed by atoms with Crippen LogP contribution >= 0.6 is 15.9 Å². The highest BCUT2D eigenvalue weighted by molar-refractivity contribution is 9.10. The minimum Gasteiger partial charge on any atom is -0.458 e. The molecule has 2 aromatic heterocycles. The molecule has 0 saturated heterocycles. The lowest BCUT2D eigenvalue weighted by Crippen LogP contribution is -2.08. The molecule has 2 aromatic rings. The number of furan rings is 1. The first-order valence-electron chi connectivity index (χ1n) is 7.38. The summed E-state index contributed by atoms with van der Waals surface area (Å²) in [5.41, 5.74) is 1.02. The van der Waals surface area contributed by atoms with Gasteiger partial charge in [0.05, 0.1) is 10.2 Å². The monoisotopic (exact) mass is 351 g/mol. The third-order valence-corrected chi connectivity index (χ3v) is 3.86. The van der Waals surface area contributed by atoms with Crippen LogP contribution in [0.4, 0.5) is 5.82 Å². The normalized spacial score (nSPS) is 11.1. The van der Waals surface area contributed by atoms with Gasteiger partial charge in [0, 0.05) is 6.54 Å². The van der Waals surface area contributed by atoms with Gasteiger partial charge in [-0.2, -0.15) is 0 Å². The molecular weight excluding hydrogens is 330 g/mol. The maximum absolute atomic E-state index is 5.66. The molecule has 2 rings (SSSR count). The van der Waals surface area contributed by atoms with E-state index >= 15 is 0 Å². The van der Waals surface area contributed by atoms with Crippen molar-refractivity contribution in [1.82, 2.24) is 9.97 Å². The summed E-state index contributed by atoms with van der Waals surface area (Å²) in [5.74, 6) is 3.59. The van der Waals surface area contributed by atoms with Crippen molar-refractivity contribution in [2.45, 2.75) is 40.5 Å². The molecule has 0 aromatic carbocycles. The molecule has 0 unspecified atom stereocenters. The molecule has 0 atom stereocenters. The van der Waals surface area contributed by atoms with Crippen LogP contribution in [0, 0.1) is 12.8 Å². The number of halogens is 1. The minimum atomic E-state index is 0.529. The Morgan fingerprint density at radius 3 is 2.62 bits per heavy atom. The summed E-state index contributed by atoms with van der Waals surface area (Å²) in [5, 5.41) is 3.35. The van der Waals surface area contributed by atoms with Crippen LogP contribution in [-0.4, -0.2) is 16.5 Å². The molecule has 0 bridgehead atoms. The fraction of sp³-hybridized carbons (Fsp3) is 0.500. The van der Waals surface area contributed by atoms with Crippen molar-refractivity contribution in [1.29, 1.82) is 0 Å². The summed E-state index contributed by atoms with van der Waals surface area (Å²) in [6.07, 6.45) is 1.95. The van der Waals surface area contributed by atoms with Crippen molar-refractivity contribution in [3.05, 3.63) is 28.1 Å². The van der Waals surface area contributed by atoms with E-state index in [1.165, 1.54) is 0 Å². The third-order valence-electron chi connectivity index (χ3n) is 3.02. The summed E-state index contributed by atoms with van der Waals surface area (Å²) in [6, 6.07) is 3.85. The van der Waals surface area contributed by atoms with E-state index in [9.17, 15) is 0 Å². The van der Waals surface area contributed by atoms with Crippen molar-refractivity contribution in [3.8, 4) is 11.6 Å². The number of aromatic nitrogens is 2. The fourth-order valence-corrected chi connectivity index (χ4v) is 2.52. The van der Waals surface area contributed by atoms with Crippen LogP contribution in [0.15, 0.2) is 21.0 Å². The zero-order valence-electron chi connectivity index (χ0n) is 13.0. The fourth-order valence-electron chi connectivity index (χ4n) is 2.04. The lowest BCUT2D eigenvalue weighted by molar-refractivity contribution is 0.543. The van der Waals surface area contributed by atoms with Crippen LogP contribution in [0.5, 0.6) is 0 Å². The Hall–Kier alpha value is -1.36. The Morgan fingerprint density at radius 2 is 2.05 bits per heavy atom. The van der Waals surface area contributed by atoms with Crippen LogP contribution in [0.1, 0.15) is 38.6 Å². The number of nitrogens with zero attached hydrogens (tertiary/aromatic N) is 2. The number of aryl methyl sites for hydroxylation is 1. The molecule has 5 heteroatoms. The van der Waals surface area contributed by atoms with Gasteiger partial charge in [-0.25, -0.2) is 9.97 Å². The van der Waals surface area contributed by atoms with Crippen LogP contribution in [-0.2, 0) is 6.42 Å². The first-order valence-corrected chi connectivity index (χ1v) is 8.17. The molecule has 2 heterocycles. The maximum atomic E-state index is 5.66. The Balaban J connectivity index is 2.44. The van der Waals surface area contributed by atoms with Crippen molar-refractivity contribution in [3.63, 3.8) is 0 Å². The number of anilines is 1. The molecule has 0 spiro atoms. The Kier molecular flexibility index (Phi) is 5.39. The molecule has 0 fully saturated rings. The van der Waals surface area contributed by atoms with Gasteiger partial charge in [-0.15, -0.1) is 0 Å². The summed E-state index contributed by atoms with van der Waals surface area (Å²) in [7, 11) is 0. The number of hydrogen-bond acceptors (Lipinski definition) is 4. The first-order chi connectivity index (χ1) is 10.0. The van der Waals surface area contributed by atoms with Crippen LogP contribution in [0.25, 0.3) is 11.6 Å². The van der Waals surface area contributed by atoms with Crippen LogP contribution in [0.2, 0.25) is 0 Å². The Labute approximate surface area is 134 Å². The second-order valence-electron chi connectivity index (χ2n) is 5.59. The van der Waals surface area contributed by atoms with E-state index in [0.29, 0.717) is 17.5 Å². The quantitative estimate of drug-likeness (QED) is 0.809. The predicted octanol–water partition coefficient (Wildman–Crippen LogP) is 4.83. The maximum Gasteiger partial charge on any atom is 0.197 e.